The summed E-state index contributed by atoms with van der Waals surface area (Å²) in [6.45, 7) is 5.92. The van der Waals surface area contributed by atoms with Crippen molar-refractivity contribution >= 4 is 15.9 Å². The fourth-order valence-corrected chi connectivity index (χ4v) is 1.11. The lowest BCUT2D eigenvalue weighted by Crippen LogP contribution is -2.22. The summed E-state index contributed by atoms with van der Waals surface area (Å²) in [5.74, 6) is 0.516. The molecule has 2 unspecified atom stereocenters. The van der Waals surface area contributed by atoms with Crippen LogP contribution < -0.4 is 0 Å². The molecule has 0 aliphatic heterocycles. The predicted molar refractivity (Wildman–Crippen MR) is 42.3 cm³/mol. The van der Waals surface area contributed by atoms with Crippen LogP contribution in [0.4, 0.5) is 0 Å². The van der Waals surface area contributed by atoms with Crippen LogP contribution in [0.3, 0.4) is 0 Å². The summed E-state index contributed by atoms with van der Waals surface area (Å²) >= 11 is 3.28. The van der Waals surface area contributed by atoms with Crippen LogP contribution in [-0.4, -0.2) is 11.4 Å². The SMILES string of the molecule is CC(C)C([O])C(C)CBr. The van der Waals surface area contributed by atoms with E-state index in [1.165, 1.54) is 0 Å². The first kappa shape index (κ1) is 9.44. The number of halogens is 1. The quantitative estimate of drug-likeness (QED) is 0.615. The zero-order valence-corrected chi connectivity index (χ0v) is 7.81. The molecular formula is C7H14BrO. The van der Waals surface area contributed by atoms with E-state index in [4.69, 9.17) is 0 Å². The highest BCUT2D eigenvalue weighted by molar-refractivity contribution is 9.09. The average Bonchev–Trinajstić information content (AvgIpc) is 1.84. The molecule has 0 N–H and O–H groups in total. The fourth-order valence-electron chi connectivity index (χ4n) is 0.745. The minimum atomic E-state index is -0.413. The Morgan fingerprint density at radius 1 is 1.33 bits per heavy atom. The van der Waals surface area contributed by atoms with Crippen molar-refractivity contribution in [3.05, 3.63) is 0 Å². The maximum absolute atomic E-state index is 11.1. The molecule has 1 nitrogen and oxygen atoms in total. The number of alkyl halides is 1. The molecular weight excluding hydrogens is 180 g/mol. The highest BCUT2D eigenvalue weighted by Crippen LogP contribution is 2.14. The second kappa shape index (κ2) is 4.29. The first-order valence-electron chi connectivity index (χ1n) is 3.31. The van der Waals surface area contributed by atoms with E-state index in [0.29, 0.717) is 0 Å². The van der Waals surface area contributed by atoms with Gasteiger partial charge in [-0.05, 0) is 11.8 Å². The molecule has 0 rings (SSSR count). The Labute approximate surface area is 65.6 Å². The Hall–Kier alpha value is 0.440. The summed E-state index contributed by atoms with van der Waals surface area (Å²) in [6, 6.07) is 0. The smallest absolute Gasteiger partial charge is 0.0986 e. The fraction of sp³-hybridized carbons (Fsp3) is 1.00. The van der Waals surface area contributed by atoms with Gasteiger partial charge in [-0.2, -0.15) is 0 Å². The molecule has 0 saturated heterocycles. The van der Waals surface area contributed by atoms with E-state index < -0.39 is 6.10 Å². The Morgan fingerprint density at radius 2 is 1.78 bits per heavy atom. The van der Waals surface area contributed by atoms with Gasteiger partial charge in [-0.1, -0.05) is 36.7 Å². The van der Waals surface area contributed by atoms with E-state index in [9.17, 15) is 5.11 Å². The molecule has 1 radical (unpaired) electrons. The van der Waals surface area contributed by atoms with Crippen molar-refractivity contribution in [2.75, 3.05) is 5.33 Å². The molecule has 0 aromatic heterocycles. The molecule has 2 atom stereocenters. The predicted octanol–water partition coefficient (Wildman–Crippen LogP) is 2.47. The van der Waals surface area contributed by atoms with Gasteiger partial charge in [-0.3, -0.25) is 0 Å². The van der Waals surface area contributed by atoms with Crippen LogP contribution in [-0.2, 0) is 5.11 Å². The van der Waals surface area contributed by atoms with Crippen LogP contribution in [0, 0.1) is 11.8 Å². The molecule has 0 spiro atoms. The molecule has 0 aromatic rings. The van der Waals surface area contributed by atoms with Crippen molar-refractivity contribution in [2.45, 2.75) is 26.9 Å². The molecule has 0 aliphatic rings. The van der Waals surface area contributed by atoms with Crippen molar-refractivity contribution in [2.24, 2.45) is 11.8 Å². The van der Waals surface area contributed by atoms with Crippen molar-refractivity contribution in [3.8, 4) is 0 Å². The van der Waals surface area contributed by atoms with Gasteiger partial charge in [0.25, 0.3) is 0 Å². The standard InChI is InChI=1S/C7H14BrO/c1-5(2)7(9)6(3)4-8/h5-7H,4H2,1-3H3. The number of hydrogen-bond donors (Lipinski definition) is 0. The van der Waals surface area contributed by atoms with Crippen molar-refractivity contribution in [3.63, 3.8) is 0 Å². The summed E-state index contributed by atoms with van der Waals surface area (Å²) in [4.78, 5) is 0. The van der Waals surface area contributed by atoms with Crippen LogP contribution in [0.2, 0.25) is 0 Å². The lowest BCUT2D eigenvalue weighted by molar-refractivity contribution is 0.0147. The van der Waals surface area contributed by atoms with Gasteiger partial charge in [-0.25, -0.2) is 5.11 Å². The minimum Gasteiger partial charge on any atom is -0.233 e. The molecule has 0 aliphatic carbocycles. The van der Waals surface area contributed by atoms with Crippen LogP contribution >= 0.6 is 15.9 Å². The Balaban J connectivity index is 3.58. The molecule has 9 heavy (non-hydrogen) atoms. The third-order valence-corrected chi connectivity index (χ3v) is 2.48. The van der Waals surface area contributed by atoms with Gasteiger partial charge in [-0.15, -0.1) is 0 Å². The summed E-state index contributed by atoms with van der Waals surface area (Å²) in [7, 11) is 0. The third kappa shape index (κ3) is 3.21. The van der Waals surface area contributed by atoms with Crippen LogP contribution in [0.15, 0.2) is 0 Å². The van der Waals surface area contributed by atoms with Gasteiger partial charge < -0.3 is 0 Å². The molecule has 0 saturated carbocycles. The summed E-state index contributed by atoms with van der Waals surface area (Å²) in [5.41, 5.74) is 0. The molecule has 0 bridgehead atoms. The first-order valence-corrected chi connectivity index (χ1v) is 4.43. The largest absolute Gasteiger partial charge is 0.233 e. The zero-order chi connectivity index (χ0) is 7.44. The lowest BCUT2D eigenvalue weighted by atomic mass is 9.97. The second-order valence-corrected chi connectivity index (χ2v) is 3.49. The molecule has 0 heterocycles. The highest BCUT2D eigenvalue weighted by Gasteiger charge is 2.17. The average molecular weight is 194 g/mol. The first-order chi connectivity index (χ1) is 4.09. The number of hydrogen-bond acceptors (Lipinski definition) is 0. The maximum atomic E-state index is 11.1. The molecule has 55 valence electrons. The second-order valence-electron chi connectivity index (χ2n) is 2.84. The van der Waals surface area contributed by atoms with E-state index in [2.05, 4.69) is 15.9 Å². The normalized spacial score (nSPS) is 18.0. The molecule has 0 aromatic carbocycles. The van der Waals surface area contributed by atoms with E-state index >= 15 is 0 Å². The van der Waals surface area contributed by atoms with Crippen LogP contribution in [0.5, 0.6) is 0 Å². The minimum absolute atomic E-state index is 0.255. The topological polar surface area (TPSA) is 19.9 Å². The Kier molecular flexibility index (Phi) is 4.50. The van der Waals surface area contributed by atoms with Crippen LogP contribution in [0.1, 0.15) is 20.8 Å². The van der Waals surface area contributed by atoms with Gasteiger partial charge in [0.15, 0.2) is 0 Å². The van der Waals surface area contributed by atoms with Crippen molar-refractivity contribution in [1.82, 2.24) is 0 Å². The maximum Gasteiger partial charge on any atom is 0.0986 e. The molecule has 0 amide bonds. The van der Waals surface area contributed by atoms with Gasteiger partial charge in [0, 0.05) is 5.33 Å². The lowest BCUT2D eigenvalue weighted by Gasteiger charge is -2.16. The highest BCUT2D eigenvalue weighted by atomic mass is 79.9. The number of rotatable bonds is 3. The summed E-state index contributed by atoms with van der Waals surface area (Å²) in [6.07, 6.45) is -0.413. The van der Waals surface area contributed by atoms with Gasteiger partial charge in [0.2, 0.25) is 0 Å². The van der Waals surface area contributed by atoms with Gasteiger partial charge in [0.05, 0.1) is 6.10 Å². The molecule has 2 heteroatoms. The van der Waals surface area contributed by atoms with Crippen LogP contribution in [0.25, 0.3) is 0 Å². The van der Waals surface area contributed by atoms with E-state index in [0.717, 1.165) is 5.33 Å². The third-order valence-electron chi connectivity index (χ3n) is 1.46. The summed E-state index contributed by atoms with van der Waals surface area (Å²) in [5, 5.41) is 11.9. The molecule has 0 fully saturated rings. The summed E-state index contributed by atoms with van der Waals surface area (Å²) < 4.78 is 0. The van der Waals surface area contributed by atoms with E-state index in [-0.39, 0.29) is 11.8 Å². The zero-order valence-electron chi connectivity index (χ0n) is 6.23. The van der Waals surface area contributed by atoms with E-state index in [1.807, 2.05) is 20.8 Å². The van der Waals surface area contributed by atoms with Gasteiger partial charge in [0.1, 0.15) is 0 Å². The Morgan fingerprint density at radius 3 is 1.89 bits per heavy atom. The van der Waals surface area contributed by atoms with E-state index in [1.54, 1.807) is 0 Å². The monoisotopic (exact) mass is 193 g/mol. The Bertz CT molecular complexity index is 73.3. The van der Waals surface area contributed by atoms with Crippen molar-refractivity contribution in [1.29, 1.82) is 0 Å². The van der Waals surface area contributed by atoms with Gasteiger partial charge >= 0.3 is 0 Å². The van der Waals surface area contributed by atoms with Crippen molar-refractivity contribution < 1.29 is 5.11 Å².